The zero-order valence-corrected chi connectivity index (χ0v) is 25.3. The van der Waals surface area contributed by atoms with Crippen LogP contribution in [0.5, 0.6) is 28.9 Å². The van der Waals surface area contributed by atoms with Crippen LogP contribution in [0, 0.1) is 29.9 Å². The summed E-state index contributed by atoms with van der Waals surface area (Å²) in [7, 11) is 4.01. The highest BCUT2D eigenvalue weighted by Crippen LogP contribution is 2.39. The molecule has 1 N–H and O–H groups in total. The van der Waals surface area contributed by atoms with E-state index in [1.165, 1.54) is 46.5 Å². The second kappa shape index (κ2) is 12.9. The number of hydrogen-bond acceptors (Lipinski definition) is 9. The van der Waals surface area contributed by atoms with E-state index in [1.54, 1.807) is 6.07 Å². The number of methoxy groups -OCH3 is 3. The first-order chi connectivity index (χ1) is 22.8. The van der Waals surface area contributed by atoms with Crippen molar-refractivity contribution in [3.8, 4) is 40.6 Å². The number of rotatable bonds is 8. The minimum absolute atomic E-state index is 0.0658. The summed E-state index contributed by atoms with van der Waals surface area (Å²) in [5.74, 6) is -3.89. The number of pyridine rings is 3. The van der Waals surface area contributed by atoms with E-state index in [2.05, 4.69) is 15.3 Å². The summed E-state index contributed by atoms with van der Waals surface area (Å²) in [5.41, 5.74) is -3.96. The molecule has 0 saturated carbocycles. The standard InChI is InChI=1S/C32H22F5N5O6/c1-15-7-24(45-2)16(12-38)8-23(15)42-27(32(35,36)37)6-5-18(31(42)44)29(43)41-17-9-20(33)30(40-13-17)48-28-19-10-25(46-3)26(47-4)11-22(19)39-14-21(28)34/h5-11,13-14H,1-4H3,(H,41,43). The Bertz CT molecular complexity index is 2200. The molecule has 3 heterocycles. The molecular weight excluding hydrogens is 645 g/mol. The first-order valence-corrected chi connectivity index (χ1v) is 13.6. The second-order valence-corrected chi connectivity index (χ2v) is 9.95. The number of benzene rings is 2. The van der Waals surface area contributed by atoms with Gasteiger partial charge in [0, 0.05) is 12.1 Å². The molecule has 16 heteroatoms. The quantitative estimate of drug-likeness (QED) is 0.188. The van der Waals surface area contributed by atoms with E-state index in [4.69, 9.17) is 18.9 Å². The molecule has 5 rings (SSSR count). The van der Waals surface area contributed by atoms with Gasteiger partial charge in [-0.15, -0.1) is 0 Å². The van der Waals surface area contributed by atoms with Gasteiger partial charge in [-0.1, -0.05) is 0 Å². The number of carbonyl (C=O) groups is 1. The van der Waals surface area contributed by atoms with E-state index >= 15 is 4.39 Å². The highest BCUT2D eigenvalue weighted by molar-refractivity contribution is 6.04. The summed E-state index contributed by atoms with van der Waals surface area (Å²) in [4.78, 5) is 34.4. The molecule has 2 aromatic carbocycles. The molecule has 0 fully saturated rings. The third-order valence-electron chi connectivity index (χ3n) is 7.04. The average molecular weight is 668 g/mol. The summed E-state index contributed by atoms with van der Waals surface area (Å²) in [6.07, 6.45) is -3.26. The molecule has 1 amide bonds. The summed E-state index contributed by atoms with van der Waals surface area (Å²) in [6, 6.07) is 8.88. The SMILES string of the molecule is COc1cc(C)c(-n2c(C(F)(F)F)ccc(C(=O)Nc3cnc(Oc4c(F)cnc5cc(OC)c(OC)cc45)c(F)c3)c2=O)cc1C#N. The Hall–Kier alpha value is -6.24. The topological polar surface area (TPSA) is 138 Å². The van der Waals surface area contributed by atoms with Crippen molar-refractivity contribution in [1.82, 2.24) is 14.5 Å². The number of fused-ring (bicyclic) bond motifs is 1. The maximum absolute atomic E-state index is 15.2. The fourth-order valence-electron chi connectivity index (χ4n) is 4.78. The normalized spacial score (nSPS) is 11.2. The van der Waals surface area contributed by atoms with E-state index in [1.807, 2.05) is 0 Å². The lowest BCUT2D eigenvalue weighted by Crippen LogP contribution is -2.33. The Balaban J connectivity index is 1.49. The van der Waals surface area contributed by atoms with Gasteiger partial charge in [0.2, 0.25) is 0 Å². The van der Waals surface area contributed by atoms with Gasteiger partial charge in [-0.3, -0.25) is 19.1 Å². The Kier molecular flexibility index (Phi) is 8.88. The van der Waals surface area contributed by atoms with Crippen LogP contribution in [0.2, 0.25) is 0 Å². The van der Waals surface area contributed by atoms with Gasteiger partial charge < -0.3 is 24.3 Å². The molecule has 0 aliphatic carbocycles. The Labute approximate surface area is 267 Å². The monoisotopic (exact) mass is 667 g/mol. The van der Waals surface area contributed by atoms with Gasteiger partial charge in [0.25, 0.3) is 17.3 Å². The van der Waals surface area contributed by atoms with Crippen LogP contribution in [0.1, 0.15) is 27.2 Å². The van der Waals surface area contributed by atoms with Crippen LogP contribution in [0.25, 0.3) is 16.6 Å². The van der Waals surface area contributed by atoms with Gasteiger partial charge in [0.1, 0.15) is 23.1 Å². The smallest absolute Gasteiger partial charge is 0.431 e. The minimum Gasteiger partial charge on any atom is -0.495 e. The Morgan fingerprint density at radius 2 is 1.60 bits per heavy atom. The molecular formula is C32H22F5N5O6. The zero-order chi connectivity index (χ0) is 34.9. The van der Waals surface area contributed by atoms with E-state index in [9.17, 15) is 32.4 Å². The largest absolute Gasteiger partial charge is 0.495 e. The third-order valence-corrected chi connectivity index (χ3v) is 7.04. The van der Waals surface area contributed by atoms with Gasteiger partial charge in [0.05, 0.1) is 61.6 Å². The van der Waals surface area contributed by atoms with Crippen molar-refractivity contribution < 1.29 is 45.7 Å². The molecule has 0 unspecified atom stereocenters. The van der Waals surface area contributed by atoms with Crippen LogP contribution in [0.3, 0.4) is 0 Å². The number of amides is 1. The van der Waals surface area contributed by atoms with E-state index in [0.29, 0.717) is 17.9 Å². The lowest BCUT2D eigenvalue weighted by atomic mass is 10.1. The predicted molar refractivity (Wildman–Crippen MR) is 160 cm³/mol. The van der Waals surface area contributed by atoms with Gasteiger partial charge in [-0.05, 0) is 42.8 Å². The lowest BCUT2D eigenvalue weighted by Gasteiger charge is -2.19. The third kappa shape index (κ3) is 6.12. The van der Waals surface area contributed by atoms with Gasteiger partial charge in [-0.25, -0.2) is 13.8 Å². The van der Waals surface area contributed by atoms with Crippen molar-refractivity contribution in [2.24, 2.45) is 0 Å². The fraction of sp³-hybridized carbons (Fsp3) is 0.156. The predicted octanol–water partition coefficient (Wildman–Crippen LogP) is 6.33. The molecule has 11 nitrogen and oxygen atoms in total. The van der Waals surface area contributed by atoms with Crippen molar-refractivity contribution in [3.63, 3.8) is 0 Å². The zero-order valence-electron chi connectivity index (χ0n) is 25.3. The summed E-state index contributed by atoms with van der Waals surface area (Å²) >= 11 is 0. The molecule has 48 heavy (non-hydrogen) atoms. The number of aryl methyl sites for hydroxylation is 1. The van der Waals surface area contributed by atoms with Crippen molar-refractivity contribution in [2.75, 3.05) is 26.6 Å². The van der Waals surface area contributed by atoms with Crippen LogP contribution in [0.4, 0.5) is 27.6 Å². The second-order valence-electron chi connectivity index (χ2n) is 9.95. The number of aromatic nitrogens is 3. The molecule has 246 valence electrons. The lowest BCUT2D eigenvalue weighted by molar-refractivity contribution is -0.142. The molecule has 5 aromatic rings. The van der Waals surface area contributed by atoms with Crippen molar-refractivity contribution in [2.45, 2.75) is 13.1 Å². The fourth-order valence-corrected chi connectivity index (χ4v) is 4.78. The molecule has 0 aliphatic rings. The van der Waals surface area contributed by atoms with Crippen LogP contribution < -0.4 is 29.8 Å². The Morgan fingerprint density at radius 1 is 0.917 bits per heavy atom. The van der Waals surface area contributed by atoms with Crippen LogP contribution in [-0.2, 0) is 6.18 Å². The number of carbonyl (C=O) groups excluding carboxylic acids is 1. The number of nitrogens with one attached hydrogen (secondary N) is 1. The van der Waals surface area contributed by atoms with Gasteiger partial charge in [-0.2, -0.15) is 18.4 Å². The van der Waals surface area contributed by atoms with Crippen molar-refractivity contribution in [1.29, 1.82) is 5.26 Å². The number of halogens is 5. The molecule has 0 aliphatic heterocycles. The first-order valence-electron chi connectivity index (χ1n) is 13.6. The highest BCUT2D eigenvalue weighted by atomic mass is 19.4. The summed E-state index contributed by atoms with van der Waals surface area (Å²) < 4.78 is 93.3. The number of nitriles is 1. The average Bonchev–Trinajstić information content (AvgIpc) is 3.05. The summed E-state index contributed by atoms with van der Waals surface area (Å²) in [6.45, 7) is 1.39. The highest BCUT2D eigenvalue weighted by Gasteiger charge is 2.36. The minimum atomic E-state index is -5.03. The number of alkyl halides is 3. The maximum Gasteiger partial charge on any atom is 0.431 e. The molecule has 0 atom stereocenters. The number of hydrogen-bond donors (Lipinski definition) is 1. The van der Waals surface area contributed by atoms with E-state index in [0.717, 1.165) is 24.5 Å². The van der Waals surface area contributed by atoms with E-state index in [-0.39, 0.29) is 49.5 Å². The first kappa shape index (κ1) is 33.1. The van der Waals surface area contributed by atoms with Crippen LogP contribution in [-0.4, -0.2) is 41.8 Å². The number of ether oxygens (including phenoxy) is 4. The molecule has 0 radical (unpaired) electrons. The number of nitrogens with zero attached hydrogens (tertiary/aromatic N) is 4. The van der Waals surface area contributed by atoms with Crippen molar-refractivity contribution >= 4 is 22.5 Å². The van der Waals surface area contributed by atoms with E-state index < -0.39 is 52.2 Å². The van der Waals surface area contributed by atoms with Crippen LogP contribution >= 0.6 is 0 Å². The molecule has 0 bridgehead atoms. The number of anilines is 1. The molecule has 0 spiro atoms. The van der Waals surface area contributed by atoms with Crippen LogP contribution in [0.15, 0.2) is 59.7 Å². The Morgan fingerprint density at radius 3 is 2.23 bits per heavy atom. The van der Waals surface area contributed by atoms with Gasteiger partial charge in [0.15, 0.2) is 28.9 Å². The van der Waals surface area contributed by atoms with Crippen molar-refractivity contribution in [3.05, 3.63) is 99.2 Å². The maximum atomic E-state index is 15.2. The molecule has 3 aromatic heterocycles. The van der Waals surface area contributed by atoms with Gasteiger partial charge >= 0.3 is 6.18 Å². The molecule has 0 saturated heterocycles. The summed E-state index contributed by atoms with van der Waals surface area (Å²) in [5, 5.41) is 11.8.